The molecule has 0 amide bonds. The van der Waals surface area contributed by atoms with Crippen LogP contribution < -0.4 is 0 Å². The SMILES string of the molecule is CC(C)C1CCCN(CCC2CCCC2O)CC1. The maximum Gasteiger partial charge on any atom is 0.0568 e. The van der Waals surface area contributed by atoms with Gasteiger partial charge in [0.2, 0.25) is 0 Å². The zero-order valence-corrected chi connectivity index (χ0v) is 12.3. The number of nitrogens with zero attached hydrogens (tertiary/aromatic N) is 1. The summed E-state index contributed by atoms with van der Waals surface area (Å²) in [5.41, 5.74) is 0. The van der Waals surface area contributed by atoms with Gasteiger partial charge in [0.1, 0.15) is 0 Å². The van der Waals surface area contributed by atoms with Crippen LogP contribution >= 0.6 is 0 Å². The van der Waals surface area contributed by atoms with Crippen molar-refractivity contribution in [2.75, 3.05) is 19.6 Å². The van der Waals surface area contributed by atoms with Crippen molar-refractivity contribution in [2.45, 2.75) is 64.9 Å². The molecule has 18 heavy (non-hydrogen) atoms. The van der Waals surface area contributed by atoms with E-state index in [1.807, 2.05) is 0 Å². The molecule has 1 N–H and O–H groups in total. The highest BCUT2D eigenvalue weighted by Crippen LogP contribution is 2.29. The maximum absolute atomic E-state index is 9.87. The Bertz CT molecular complexity index is 241. The Hall–Kier alpha value is -0.0800. The molecule has 0 aromatic carbocycles. The topological polar surface area (TPSA) is 23.5 Å². The third-order valence-corrected chi connectivity index (χ3v) is 5.24. The van der Waals surface area contributed by atoms with Crippen LogP contribution in [0, 0.1) is 17.8 Å². The monoisotopic (exact) mass is 253 g/mol. The zero-order valence-electron chi connectivity index (χ0n) is 12.3. The Morgan fingerprint density at radius 1 is 1.06 bits per heavy atom. The van der Waals surface area contributed by atoms with Crippen LogP contribution in [0.4, 0.5) is 0 Å². The maximum atomic E-state index is 9.87. The van der Waals surface area contributed by atoms with Crippen molar-refractivity contribution in [1.82, 2.24) is 4.90 Å². The molecule has 0 aromatic rings. The summed E-state index contributed by atoms with van der Waals surface area (Å²) in [7, 11) is 0. The molecule has 1 aliphatic carbocycles. The van der Waals surface area contributed by atoms with Crippen molar-refractivity contribution in [3.05, 3.63) is 0 Å². The van der Waals surface area contributed by atoms with Gasteiger partial charge in [0.15, 0.2) is 0 Å². The van der Waals surface area contributed by atoms with Crippen molar-refractivity contribution < 1.29 is 5.11 Å². The van der Waals surface area contributed by atoms with Crippen LogP contribution in [0.1, 0.15) is 58.8 Å². The zero-order chi connectivity index (χ0) is 13.0. The highest BCUT2D eigenvalue weighted by molar-refractivity contribution is 4.79. The lowest BCUT2D eigenvalue weighted by Crippen LogP contribution is -2.29. The summed E-state index contributed by atoms with van der Waals surface area (Å²) in [5.74, 6) is 2.38. The van der Waals surface area contributed by atoms with E-state index in [0.717, 1.165) is 18.3 Å². The van der Waals surface area contributed by atoms with Crippen LogP contribution in [-0.2, 0) is 0 Å². The summed E-state index contributed by atoms with van der Waals surface area (Å²) < 4.78 is 0. The Balaban J connectivity index is 1.70. The second kappa shape index (κ2) is 6.91. The Morgan fingerprint density at radius 2 is 1.89 bits per heavy atom. The van der Waals surface area contributed by atoms with Crippen molar-refractivity contribution in [3.8, 4) is 0 Å². The van der Waals surface area contributed by atoms with Gasteiger partial charge in [-0.3, -0.25) is 0 Å². The Labute approximate surface area is 113 Å². The molecule has 0 radical (unpaired) electrons. The first-order valence-electron chi connectivity index (χ1n) is 8.07. The lowest BCUT2D eigenvalue weighted by Gasteiger charge is -2.23. The van der Waals surface area contributed by atoms with Gasteiger partial charge in [-0.1, -0.05) is 20.3 Å². The fourth-order valence-electron chi connectivity index (χ4n) is 3.77. The molecule has 0 spiro atoms. The number of aliphatic hydroxyl groups excluding tert-OH is 1. The van der Waals surface area contributed by atoms with E-state index in [4.69, 9.17) is 0 Å². The van der Waals surface area contributed by atoms with E-state index in [2.05, 4.69) is 18.7 Å². The first-order valence-corrected chi connectivity index (χ1v) is 8.07. The van der Waals surface area contributed by atoms with Gasteiger partial charge in [0.25, 0.3) is 0 Å². The number of hydrogen-bond acceptors (Lipinski definition) is 2. The molecule has 3 unspecified atom stereocenters. The largest absolute Gasteiger partial charge is 0.393 e. The van der Waals surface area contributed by atoms with Crippen LogP contribution in [0.5, 0.6) is 0 Å². The first kappa shape index (κ1) is 14.3. The van der Waals surface area contributed by atoms with Crippen LogP contribution in [-0.4, -0.2) is 35.7 Å². The molecule has 0 bridgehead atoms. The van der Waals surface area contributed by atoms with Gasteiger partial charge < -0.3 is 10.0 Å². The molecular formula is C16H31NO. The highest BCUT2D eigenvalue weighted by Gasteiger charge is 2.26. The van der Waals surface area contributed by atoms with Crippen molar-refractivity contribution in [2.24, 2.45) is 17.8 Å². The standard InChI is InChI=1S/C16H31NO/c1-13(2)14-6-4-10-17(11-8-14)12-9-15-5-3-7-16(15)18/h13-16,18H,3-12H2,1-2H3. The summed E-state index contributed by atoms with van der Waals surface area (Å²) in [4.78, 5) is 2.65. The minimum atomic E-state index is 0.000362. The van der Waals surface area contributed by atoms with Gasteiger partial charge in [0, 0.05) is 0 Å². The van der Waals surface area contributed by atoms with E-state index < -0.39 is 0 Å². The normalized spacial score (nSPS) is 35.0. The molecule has 0 aromatic heterocycles. The highest BCUT2D eigenvalue weighted by atomic mass is 16.3. The summed E-state index contributed by atoms with van der Waals surface area (Å²) in [6.45, 7) is 8.52. The average Bonchev–Trinajstić information content (AvgIpc) is 2.62. The number of hydrogen-bond donors (Lipinski definition) is 1. The van der Waals surface area contributed by atoms with E-state index in [-0.39, 0.29) is 6.10 Å². The lowest BCUT2D eigenvalue weighted by atomic mass is 9.89. The van der Waals surface area contributed by atoms with E-state index in [1.54, 1.807) is 0 Å². The van der Waals surface area contributed by atoms with Crippen molar-refractivity contribution in [3.63, 3.8) is 0 Å². The molecule has 2 rings (SSSR count). The lowest BCUT2D eigenvalue weighted by molar-refractivity contribution is 0.118. The number of rotatable bonds is 4. The van der Waals surface area contributed by atoms with Crippen molar-refractivity contribution in [1.29, 1.82) is 0 Å². The molecule has 106 valence electrons. The van der Waals surface area contributed by atoms with E-state index in [0.29, 0.717) is 5.92 Å². The van der Waals surface area contributed by atoms with Crippen LogP contribution in [0.3, 0.4) is 0 Å². The summed E-state index contributed by atoms with van der Waals surface area (Å²) in [6.07, 6.45) is 8.92. The van der Waals surface area contributed by atoms with Crippen LogP contribution in [0.15, 0.2) is 0 Å². The van der Waals surface area contributed by atoms with Gasteiger partial charge in [-0.15, -0.1) is 0 Å². The van der Waals surface area contributed by atoms with Crippen LogP contribution in [0.25, 0.3) is 0 Å². The van der Waals surface area contributed by atoms with E-state index in [9.17, 15) is 5.11 Å². The Morgan fingerprint density at radius 3 is 2.56 bits per heavy atom. The molecule has 3 atom stereocenters. The predicted octanol–water partition coefficient (Wildman–Crippen LogP) is 3.30. The molecule has 1 saturated heterocycles. The average molecular weight is 253 g/mol. The molecule has 1 aliphatic heterocycles. The van der Waals surface area contributed by atoms with E-state index in [1.165, 1.54) is 58.2 Å². The second-order valence-corrected chi connectivity index (χ2v) is 6.82. The van der Waals surface area contributed by atoms with Gasteiger partial charge in [-0.05, 0) is 75.9 Å². The van der Waals surface area contributed by atoms with Gasteiger partial charge in [-0.2, -0.15) is 0 Å². The fourth-order valence-corrected chi connectivity index (χ4v) is 3.77. The molecule has 2 aliphatic rings. The molecule has 2 fully saturated rings. The second-order valence-electron chi connectivity index (χ2n) is 6.82. The molecule has 1 heterocycles. The predicted molar refractivity (Wildman–Crippen MR) is 76.6 cm³/mol. The van der Waals surface area contributed by atoms with Crippen LogP contribution in [0.2, 0.25) is 0 Å². The number of aliphatic hydroxyl groups is 1. The molecule has 1 saturated carbocycles. The summed E-state index contributed by atoms with van der Waals surface area (Å²) in [5, 5.41) is 9.87. The summed E-state index contributed by atoms with van der Waals surface area (Å²) in [6, 6.07) is 0. The van der Waals surface area contributed by atoms with Gasteiger partial charge in [-0.25, -0.2) is 0 Å². The quantitative estimate of drug-likeness (QED) is 0.831. The molecule has 2 heteroatoms. The molecule has 2 nitrogen and oxygen atoms in total. The Kier molecular flexibility index (Phi) is 5.50. The number of likely N-dealkylation sites (tertiary alicyclic amines) is 1. The third-order valence-electron chi connectivity index (χ3n) is 5.24. The first-order chi connectivity index (χ1) is 8.66. The van der Waals surface area contributed by atoms with Gasteiger partial charge >= 0.3 is 0 Å². The third kappa shape index (κ3) is 3.96. The smallest absolute Gasteiger partial charge is 0.0568 e. The minimum absolute atomic E-state index is 0.000362. The molecular weight excluding hydrogens is 222 g/mol. The van der Waals surface area contributed by atoms with Crippen molar-refractivity contribution >= 4 is 0 Å². The minimum Gasteiger partial charge on any atom is -0.393 e. The van der Waals surface area contributed by atoms with E-state index >= 15 is 0 Å². The van der Waals surface area contributed by atoms with Gasteiger partial charge in [0.05, 0.1) is 6.10 Å². The summed E-state index contributed by atoms with van der Waals surface area (Å²) >= 11 is 0. The fraction of sp³-hybridized carbons (Fsp3) is 1.00.